The van der Waals surface area contributed by atoms with Gasteiger partial charge in [0, 0.05) is 24.1 Å². The number of alkyl halides is 3. The molecule has 34 heavy (non-hydrogen) atoms. The van der Waals surface area contributed by atoms with Gasteiger partial charge in [0.25, 0.3) is 0 Å². The number of carbonyl (C=O) groups is 2. The summed E-state index contributed by atoms with van der Waals surface area (Å²) in [5, 5.41) is 0. The number of amides is 1. The highest BCUT2D eigenvalue weighted by Crippen LogP contribution is 2.38. The third kappa shape index (κ3) is 6.74. The van der Waals surface area contributed by atoms with Crippen LogP contribution in [0, 0.1) is 5.41 Å². The summed E-state index contributed by atoms with van der Waals surface area (Å²) in [5.74, 6) is -0.126. The number of hydrogen-bond donors (Lipinski definition) is 0. The normalized spacial score (nSPS) is 11.8. The SMILES string of the molecule is CCOC(=O)Cc1ccc(OC)c(-c2ccc(C(F)(F)F)cc2CN(CC)C(=O)C(C)(C)C)c1. The zero-order valence-corrected chi connectivity index (χ0v) is 20.5. The summed E-state index contributed by atoms with van der Waals surface area (Å²) >= 11 is 0. The molecule has 5 nitrogen and oxygen atoms in total. The van der Waals surface area contributed by atoms with E-state index in [0.29, 0.717) is 34.5 Å². The van der Waals surface area contributed by atoms with Gasteiger partial charge in [0.2, 0.25) is 5.91 Å². The second kappa shape index (κ2) is 10.9. The average Bonchev–Trinajstić information content (AvgIpc) is 2.75. The molecule has 0 spiro atoms. The van der Waals surface area contributed by atoms with E-state index in [1.807, 2.05) is 0 Å². The molecule has 2 aromatic carbocycles. The summed E-state index contributed by atoms with van der Waals surface area (Å²) < 4.78 is 51.1. The van der Waals surface area contributed by atoms with Gasteiger partial charge in [0.15, 0.2) is 0 Å². The lowest BCUT2D eigenvalue weighted by atomic mass is 9.92. The van der Waals surface area contributed by atoms with Crippen LogP contribution >= 0.6 is 0 Å². The Bertz CT molecular complexity index is 1030. The summed E-state index contributed by atoms with van der Waals surface area (Å²) in [6, 6.07) is 8.57. The number of ether oxygens (including phenoxy) is 2. The first-order valence-electron chi connectivity index (χ1n) is 11.1. The lowest BCUT2D eigenvalue weighted by Gasteiger charge is -2.29. The molecule has 0 saturated carbocycles. The van der Waals surface area contributed by atoms with E-state index in [-0.39, 0.29) is 25.5 Å². The predicted molar refractivity (Wildman–Crippen MR) is 124 cm³/mol. The molecule has 0 aliphatic carbocycles. The molecule has 0 heterocycles. The van der Waals surface area contributed by atoms with Crippen LogP contribution in [0.2, 0.25) is 0 Å². The van der Waals surface area contributed by atoms with Crippen molar-refractivity contribution >= 4 is 11.9 Å². The first-order valence-corrected chi connectivity index (χ1v) is 11.1. The van der Waals surface area contributed by atoms with Crippen molar-refractivity contribution in [3.05, 3.63) is 53.1 Å². The monoisotopic (exact) mass is 479 g/mol. The highest BCUT2D eigenvalue weighted by Gasteiger charge is 2.32. The number of esters is 1. The van der Waals surface area contributed by atoms with Crippen molar-refractivity contribution in [3.63, 3.8) is 0 Å². The van der Waals surface area contributed by atoms with E-state index in [0.717, 1.165) is 12.1 Å². The summed E-state index contributed by atoms with van der Waals surface area (Å²) in [7, 11) is 1.47. The van der Waals surface area contributed by atoms with Crippen molar-refractivity contribution in [2.45, 2.75) is 53.8 Å². The highest BCUT2D eigenvalue weighted by molar-refractivity contribution is 5.82. The number of methoxy groups -OCH3 is 1. The van der Waals surface area contributed by atoms with Crippen molar-refractivity contribution in [3.8, 4) is 16.9 Å². The molecule has 2 aromatic rings. The third-order valence-electron chi connectivity index (χ3n) is 5.31. The standard InChI is InChI=1S/C26H32F3NO4/c1-7-30(24(32)25(3,4)5)16-18-15-19(26(27,28)29)10-11-20(18)21-13-17(9-12-22(21)33-6)14-23(31)34-8-2/h9-13,15H,7-8,14,16H2,1-6H3. The second-order valence-corrected chi connectivity index (χ2v) is 8.96. The molecule has 186 valence electrons. The fourth-order valence-corrected chi connectivity index (χ4v) is 3.63. The van der Waals surface area contributed by atoms with E-state index in [1.54, 1.807) is 52.8 Å². The van der Waals surface area contributed by atoms with Crippen LogP contribution in [-0.4, -0.2) is 37.0 Å². The zero-order valence-electron chi connectivity index (χ0n) is 20.5. The van der Waals surface area contributed by atoms with Gasteiger partial charge < -0.3 is 14.4 Å². The maximum absolute atomic E-state index is 13.5. The van der Waals surface area contributed by atoms with Gasteiger partial charge in [-0.1, -0.05) is 32.9 Å². The lowest BCUT2D eigenvalue weighted by Crippen LogP contribution is -2.39. The van der Waals surface area contributed by atoms with E-state index >= 15 is 0 Å². The van der Waals surface area contributed by atoms with Gasteiger partial charge in [-0.15, -0.1) is 0 Å². The second-order valence-electron chi connectivity index (χ2n) is 8.96. The van der Waals surface area contributed by atoms with E-state index in [9.17, 15) is 22.8 Å². The molecular formula is C26H32F3NO4. The van der Waals surface area contributed by atoms with Crippen molar-refractivity contribution in [2.75, 3.05) is 20.3 Å². The molecule has 0 fully saturated rings. The van der Waals surface area contributed by atoms with Gasteiger partial charge in [-0.3, -0.25) is 9.59 Å². The van der Waals surface area contributed by atoms with Gasteiger partial charge in [-0.2, -0.15) is 13.2 Å². The summed E-state index contributed by atoms with van der Waals surface area (Å²) in [5.41, 5.74) is 0.518. The maximum Gasteiger partial charge on any atom is 0.416 e. The van der Waals surface area contributed by atoms with E-state index in [1.165, 1.54) is 18.1 Å². The van der Waals surface area contributed by atoms with Crippen LogP contribution in [0.15, 0.2) is 36.4 Å². The Kier molecular flexibility index (Phi) is 8.75. The molecule has 2 rings (SSSR count). The summed E-state index contributed by atoms with van der Waals surface area (Å²) in [6.07, 6.45) is -4.52. The van der Waals surface area contributed by atoms with Crippen LogP contribution in [0.4, 0.5) is 13.2 Å². The Morgan fingerprint density at radius 2 is 1.65 bits per heavy atom. The van der Waals surface area contributed by atoms with Gasteiger partial charge in [0.05, 0.1) is 25.7 Å². The molecule has 8 heteroatoms. The Morgan fingerprint density at radius 3 is 2.18 bits per heavy atom. The molecule has 0 radical (unpaired) electrons. The minimum absolute atomic E-state index is 0.00286. The molecule has 0 unspecified atom stereocenters. The molecule has 0 saturated heterocycles. The molecule has 0 atom stereocenters. The molecule has 0 bridgehead atoms. The Morgan fingerprint density at radius 1 is 0.971 bits per heavy atom. The quantitative estimate of drug-likeness (QED) is 0.444. The first-order chi connectivity index (χ1) is 15.8. The zero-order chi connectivity index (χ0) is 25.7. The van der Waals surface area contributed by atoms with Gasteiger partial charge in [-0.05, 0) is 54.8 Å². The van der Waals surface area contributed by atoms with Gasteiger partial charge in [0.1, 0.15) is 5.75 Å². The molecule has 0 N–H and O–H groups in total. The van der Waals surface area contributed by atoms with Crippen molar-refractivity contribution in [1.29, 1.82) is 0 Å². The Balaban J connectivity index is 2.64. The number of hydrogen-bond acceptors (Lipinski definition) is 4. The lowest BCUT2D eigenvalue weighted by molar-refractivity contribution is -0.142. The largest absolute Gasteiger partial charge is 0.496 e. The van der Waals surface area contributed by atoms with Crippen molar-refractivity contribution in [2.24, 2.45) is 5.41 Å². The Labute approximate surface area is 198 Å². The molecule has 0 aliphatic rings. The minimum Gasteiger partial charge on any atom is -0.496 e. The molecule has 0 aliphatic heterocycles. The van der Waals surface area contributed by atoms with Gasteiger partial charge >= 0.3 is 12.1 Å². The molecule has 1 amide bonds. The Hall–Kier alpha value is -3.03. The van der Waals surface area contributed by atoms with Crippen molar-refractivity contribution in [1.82, 2.24) is 4.90 Å². The maximum atomic E-state index is 13.5. The van der Waals surface area contributed by atoms with Crippen LogP contribution in [0.5, 0.6) is 5.75 Å². The van der Waals surface area contributed by atoms with Crippen LogP contribution in [0.1, 0.15) is 51.3 Å². The van der Waals surface area contributed by atoms with E-state index < -0.39 is 23.1 Å². The highest BCUT2D eigenvalue weighted by atomic mass is 19.4. The first kappa shape index (κ1) is 27.2. The topological polar surface area (TPSA) is 55.8 Å². The summed E-state index contributed by atoms with van der Waals surface area (Å²) in [6.45, 7) is 9.40. The number of halogens is 3. The fraction of sp³-hybridized carbons (Fsp3) is 0.462. The third-order valence-corrected chi connectivity index (χ3v) is 5.31. The molecular weight excluding hydrogens is 447 g/mol. The fourth-order valence-electron chi connectivity index (χ4n) is 3.63. The summed E-state index contributed by atoms with van der Waals surface area (Å²) in [4.78, 5) is 26.4. The minimum atomic E-state index is -4.53. The molecule has 0 aromatic heterocycles. The van der Waals surface area contributed by atoms with Gasteiger partial charge in [-0.25, -0.2) is 0 Å². The average molecular weight is 480 g/mol. The smallest absolute Gasteiger partial charge is 0.416 e. The van der Waals surface area contributed by atoms with Crippen LogP contribution in [0.25, 0.3) is 11.1 Å². The number of nitrogens with zero attached hydrogens (tertiary/aromatic N) is 1. The number of benzene rings is 2. The van der Waals surface area contributed by atoms with Crippen LogP contribution in [0.3, 0.4) is 0 Å². The predicted octanol–water partition coefficient (Wildman–Crippen LogP) is 5.88. The van der Waals surface area contributed by atoms with Crippen LogP contribution in [-0.2, 0) is 33.5 Å². The van der Waals surface area contributed by atoms with Crippen LogP contribution < -0.4 is 4.74 Å². The van der Waals surface area contributed by atoms with E-state index in [2.05, 4.69) is 0 Å². The van der Waals surface area contributed by atoms with Crippen molar-refractivity contribution < 1.29 is 32.2 Å². The van der Waals surface area contributed by atoms with E-state index in [4.69, 9.17) is 9.47 Å². The number of rotatable bonds is 8. The number of carbonyl (C=O) groups excluding carboxylic acids is 2.